The molecule has 0 aromatic heterocycles. The van der Waals surface area contributed by atoms with Crippen LogP contribution in [0.1, 0.15) is 120 Å². The number of para-hydroxylation sites is 2. The van der Waals surface area contributed by atoms with Crippen molar-refractivity contribution in [1.82, 2.24) is 0 Å². The van der Waals surface area contributed by atoms with Gasteiger partial charge in [-0.2, -0.15) is 0 Å². The number of Topliss-reactive ketones (excluding diaryl/α,β-unsaturated/α-hetero) is 1. The van der Waals surface area contributed by atoms with Gasteiger partial charge in [-0.15, -0.1) is 0 Å². The van der Waals surface area contributed by atoms with Crippen molar-refractivity contribution in [2.24, 2.45) is 0 Å². The number of anilines is 2. The van der Waals surface area contributed by atoms with E-state index in [9.17, 15) is 14.4 Å². The second kappa shape index (κ2) is 22.0. The zero-order chi connectivity index (χ0) is 32.8. The van der Waals surface area contributed by atoms with E-state index in [1.807, 2.05) is 6.07 Å². The maximum absolute atomic E-state index is 13.5. The third-order valence-electron chi connectivity index (χ3n) is 8.07. The van der Waals surface area contributed by atoms with Crippen LogP contribution in [0.3, 0.4) is 0 Å². The van der Waals surface area contributed by atoms with Crippen molar-refractivity contribution in [2.45, 2.75) is 116 Å². The number of ketones is 1. The zero-order valence-electron chi connectivity index (χ0n) is 27.4. The molecule has 3 aromatic rings. The second-order valence-electron chi connectivity index (χ2n) is 12.0. The maximum Gasteiger partial charge on any atom is 0.273 e. The molecule has 0 saturated heterocycles. The van der Waals surface area contributed by atoms with Gasteiger partial charge in [0.05, 0.1) is 10.7 Å². The molecule has 0 aliphatic carbocycles. The minimum absolute atomic E-state index is 0.0434. The lowest BCUT2D eigenvalue weighted by Gasteiger charge is -2.18. The standard InChI is InChI=1S/C39H51ClN2O4/c1-2-3-4-5-6-7-8-9-10-11-12-13-14-15-19-26-36(43)41-32-29-27-31(28-30-32)37(44)38(46-33-22-17-16-18-23-33)39(45)42-35-25-21-20-24-34(35)40/h16-18,20-25,27-30,38H,2-15,19,26H2,1H3,(H,41,43)(H,42,45)/t38-/m1/s1. The Morgan fingerprint density at radius 1 is 0.630 bits per heavy atom. The number of hydrogen-bond donors (Lipinski definition) is 2. The molecule has 46 heavy (non-hydrogen) atoms. The second-order valence-corrected chi connectivity index (χ2v) is 12.4. The van der Waals surface area contributed by atoms with E-state index in [0.717, 1.165) is 19.3 Å². The average molecular weight is 647 g/mol. The fourth-order valence-electron chi connectivity index (χ4n) is 5.37. The Kier molecular flexibility index (Phi) is 17.6. The summed E-state index contributed by atoms with van der Waals surface area (Å²) in [5, 5.41) is 5.96. The van der Waals surface area contributed by atoms with Crippen LogP contribution in [0.5, 0.6) is 5.75 Å². The number of amides is 2. The Balaban J connectivity index is 1.37. The number of carbonyl (C=O) groups excluding carboxylic acids is 3. The predicted molar refractivity (Wildman–Crippen MR) is 190 cm³/mol. The first kappa shape index (κ1) is 36.8. The van der Waals surface area contributed by atoms with E-state index in [2.05, 4.69) is 17.6 Å². The number of carbonyl (C=O) groups is 3. The molecule has 7 heteroatoms. The smallest absolute Gasteiger partial charge is 0.273 e. The summed E-state index contributed by atoms with van der Waals surface area (Å²) in [6.45, 7) is 2.26. The number of hydrogen-bond acceptors (Lipinski definition) is 4. The molecule has 2 amide bonds. The minimum Gasteiger partial charge on any atom is -0.472 e. The average Bonchev–Trinajstić information content (AvgIpc) is 3.07. The van der Waals surface area contributed by atoms with Crippen LogP contribution >= 0.6 is 11.6 Å². The molecule has 3 rings (SSSR count). The quantitative estimate of drug-likeness (QED) is 0.0610. The summed E-state index contributed by atoms with van der Waals surface area (Å²) >= 11 is 6.21. The van der Waals surface area contributed by atoms with Crippen LogP contribution in [-0.2, 0) is 9.59 Å². The Morgan fingerprint density at radius 3 is 1.72 bits per heavy atom. The maximum atomic E-state index is 13.5. The molecule has 0 aliphatic rings. The van der Waals surface area contributed by atoms with Crippen LogP contribution in [0.2, 0.25) is 5.02 Å². The van der Waals surface area contributed by atoms with Crippen molar-refractivity contribution < 1.29 is 19.1 Å². The fraction of sp³-hybridized carbons (Fsp3) is 0.462. The van der Waals surface area contributed by atoms with Crippen molar-refractivity contribution in [3.8, 4) is 5.75 Å². The molecule has 0 unspecified atom stereocenters. The third kappa shape index (κ3) is 14.2. The van der Waals surface area contributed by atoms with Crippen molar-refractivity contribution in [2.75, 3.05) is 10.6 Å². The highest BCUT2D eigenvalue weighted by Crippen LogP contribution is 2.23. The van der Waals surface area contributed by atoms with Gasteiger partial charge in [-0.05, 0) is 55.0 Å². The molecule has 0 aliphatic heterocycles. The van der Waals surface area contributed by atoms with Gasteiger partial charge in [0.15, 0.2) is 0 Å². The summed E-state index contributed by atoms with van der Waals surface area (Å²) in [5.74, 6) is -0.803. The highest BCUT2D eigenvalue weighted by molar-refractivity contribution is 6.34. The van der Waals surface area contributed by atoms with E-state index in [4.69, 9.17) is 16.3 Å². The van der Waals surface area contributed by atoms with Gasteiger partial charge in [0.2, 0.25) is 17.8 Å². The summed E-state index contributed by atoms with van der Waals surface area (Å²) in [4.78, 5) is 39.2. The monoisotopic (exact) mass is 646 g/mol. The Bertz CT molecular complexity index is 1310. The number of nitrogens with one attached hydrogen (secondary N) is 2. The first-order valence-corrected chi connectivity index (χ1v) is 17.6. The van der Waals surface area contributed by atoms with Crippen molar-refractivity contribution in [3.63, 3.8) is 0 Å². The van der Waals surface area contributed by atoms with Gasteiger partial charge in [-0.1, -0.05) is 139 Å². The predicted octanol–water partition coefficient (Wildman–Crippen LogP) is 10.8. The molecule has 0 bridgehead atoms. The molecule has 2 N–H and O–H groups in total. The molecule has 0 radical (unpaired) electrons. The highest BCUT2D eigenvalue weighted by Gasteiger charge is 2.30. The van der Waals surface area contributed by atoms with Crippen LogP contribution < -0.4 is 15.4 Å². The first-order chi connectivity index (χ1) is 22.5. The lowest BCUT2D eigenvalue weighted by Crippen LogP contribution is -2.40. The van der Waals surface area contributed by atoms with Gasteiger partial charge in [0.25, 0.3) is 5.91 Å². The van der Waals surface area contributed by atoms with Crippen molar-refractivity contribution in [1.29, 1.82) is 0 Å². The summed E-state index contributed by atoms with van der Waals surface area (Å²) in [7, 11) is 0. The van der Waals surface area contributed by atoms with Crippen LogP contribution in [0.15, 0.2) is 78.9 Å². The van der Waals surface area contributed by atoms with E-state index in [1.54, 1.807) is 72.8 Å². The van der Waals surface area contributed by atoms with Gasteiger partial charge in [-0.3, -0.25) is 14.4 Å². The number of rotatable bonds is 23. The van der Waals surface area contributed by atoms with E-state index in [-0.39, 0.29) is 11.5 Å². The normalized spacial score (nSPS) is 11.5. The summed E-state index contributed by atoms with van der Waals surface area (Å²) < 4.78 is 5.84. The van der Waals surface area contributed by atoms with Crippen LogP contribution in [0.25, 0.3) is 0 Å². The van der Waals surface area contributed by atoms with Gasteiger partial charge in [0, 0.05) is 17.7 Å². The molecular weight excluding hydrogens is 596 g/mol. The van der Waals surface area contributed by atoms with Gasteiger partial charge in [-0.25, -0.2) is 0 Å². The molecule has 6 nitrogen and oxygen atoms in total. The number of ether oxygens (including phenoxy) is 1. The zero-order valence-corrected chi connectivity index (χ0v) is 28.2. The minimum atomic E-state index is -1.44. The van der Waals surface area contributed by atoms with Crippen LogP contribution in [0.4, 0.5) is 11.4 Å². The van der Waals surface area contributed by atoms with Gasteiger partial charge in [0.1, 0.15) is 5.75 Å². The summed E-state index contributed by atoms with van der Waals surface area (Å²) in [5.41, 5.74) is 1.27. The lowest BCUT2D eigenvalue weighted by atomic mass is 10.0. The van der Waals surface area contributed by atoms with Crippen LogP contribution in [0, 0.1) is 0 Å². The molecule has 1 atom stereocenters. The van der Waals surface area contributed by atoms with Crippen LogP contribution in [-0.4, -0.2) is 23.7 Å². The van der Waals surface area contributed by atoms with E-state index in [0.29, 0.717) is 28.6 Å². The topological polar surface area (TPSA) is 84.5 Å². The molecule has 3 aromatic carbocycles. The number of benzene rings is 3. The molecule has 0 heterocycles. The third-order valence-corrected chi connectivity index (χ3v) is 8.40. The largest absolute Gasteiger partial charge is 0.472 e. The van der Waals surface area contributed by atoms with E-state index < -0.39 is 17.8 Å². The SMILES string of the molecule is CCCCCCCCCCCCCCCCCC(=O)Nc1ccc(C(=O)[C@@H](Oc2ccccc2)C(=O)Nc2ccccc2Cl)cc1. The Morgan fingerprint density at radius 2 is 1.15 bits per heavy atom. The van der Waals surface area contributed by atoms with Gasteiger partial charge >= 0.3 is 0 Å². The summed E-state index contributed by atoms with van der Waals surface area (Å²) in [6.07, 6.45) is 18.3. The molecule has 0 spiro atoms. The van der Waals surface area contributed by atoms with E-state index >= 15 is 0 Å². The summed E-state index contributed by atoms with van der Waals surface area (Å²) in [6, 6.07) is 22.0. The van der Waals surface area contributed by atoms with Crippen molar-refractivity contribution in [3.05, 3.63) is 89.4 Å². The highest BCUT2D eigenvalue weighted by atomic mass is 35.5. The van der Waals surface area contributed by atoms with Gasteiger partial charge < -0.3 is 15.4 Å². The molecule has 0 fully saturated rings. The van der Waals surface area contributed by atoms with Crippen molar-refractivity contribution >= 4 is 40.6 Å². The lowest BCUT2D eigenvalue weighted by molar-refractivity contribution is -0.121. The Hall–Kier alpha value is -3.64. The fourth-order valence-corrected chi connectivity index (χ4v) is 5.55. The number of halogens is 1. The number of unbranched alkanes of at least 4 members (excludes halogenated alkanes) is 14. The Labute approximate surface area is 280 Å². The molecule has 0 saturated carbocycles. The molecule has 248 valence electrons. The first-order valence-electron chi connectivity index (χ1n) is 17.2. The molecular formula is C39H51ClN2O4. The van der Waals surface area contributed by atoms with E-state index in [1.165, 1.54) is 77.0 Å².